The SMILES string of the molecule is CCOCCOc1cncc(C#CCCO)c1. The van der Waals surface area contributed by atoms with Gasteiger partial charge in [-0.05, 0) is 13.0 Å². The molecule has 17 heavy (non-hydrogen) atoms. The van der Waals surface area contributed by atoms with Gasteiger partial charge in [-0.2, -0.15) is 0 Å². The number of aliphatic hydroxyl groups excluding tert-OH is 1. The first kappa shape index (κ1) is 13.5. The summed E-state index contributed by atoms with van der Waals surface area (Å²) in [6.07, 6.45) is 3.78. The summed E-state index contributed by atoms with van der Waals surface area (Å²) in [6, 6.07) is 1.82. The normalized spacial score (nSPS) is 9.53. The van der Waals surface area contributed by atoms with Crippen molar-refractivity contribution in [3.05, 3.63) is 24.0 Å². The summed E-state index contributed by atoms with van der Waals surface area (Å²) in [4.78, 5) is 4.03. The molecule has 0 radical (unpaired) electrons. The average Bonchev–Trinajstić information content (AvgIpc) is 2.36. The molecule has 0 aliphatic rings. The monoisotopic (exact) mass is 235 g/mol. The van der Waals surface area contributed by atoms with Crippen molar-refractivity contribution in [2.75, 3.05) is 26.4 Å². The zero-order chi connectivity index (χ0) is 12.3. The molecule has 0 aliphatic carbocycles. The molecule has 0 atom stereocenters. The van der Waals surface area contributed by atoms with Crippen LogP contribution in [-0.4, -0.2) is 36.5 Å². The van der Waals surface area contributed by atoms with Crippen molar-refractivity contribution in [3.8, 4) is 17.6 Å². The van der Waals surface area contributed by atoms with Crippen LogP contribution in [0.1, 0.15) is 18.9 Å². The summed E-state index contributed by atoms with van der Waals surface area (Å²) in [5.41, 5.74) is 0.785. The zero-order valence-corrected chi connectivity index (χ0v) is 9.98. The topological polar surface area (TPSA) is 51.6 Å². The number of rotatable bonds is 6. The molecule has 0 unspecified atom stereocenters. The van der Waals surface area contributed by atoms with Gasteiger partial charge in [0.15, 0.2) is 0 Å². The number of aromatic nitrogens is 1. The van der Waals surface area contributed by atoms with Crippen LogP contribution in [-0.2, 0) is 4.74 Å². The lowest BCUT2D eigenvalue weighted by Crippen LogP contribution is -2.06. The molecule has 0 aliphatic heterocycles. The van der Waals surface area contributed by atoms with Gasteiger partial charge in [0.1, 0.15) is 12.4 Å². The molecule has 4 nitrogen and oxygen atoms in total. The molecule has 0 saturated heterocycles. The summed E-state index contributed by atoms with van der Waals surface area (Å²) >= 11 is 0. The highest BCUT2D eigenvalue weighted by molar-refractivity contribution is 5.36. The van der Waals surface area contributed by atoms with E-state index in [1.54, 1.807) is 12.4 Å². The number of nitrogens with zero attached hydrogens (tertiary/aromatic N) is 1. The fourth-order valence-electron chi connectivity index (χ4n) is 1.15. The molecule has 0 spiro atoms. The average molecular weight is 235 g/mol. The van der Waals surface area contributed by atoms with Crippen LogP contribution in [0.4, 0.5) is 0 Å². The number of hydrogen-bond donors (Lipinski definition) is 1. The van der Waals surface area contributed by atoms with E-state index in [1.165, 1.54) is 0 Å². The lowest BCUT2D eigenvalue weighted by molar-refractivity contribution is 0.110. The number of ether oxygens (including phenoxy) is 2. The highest BCUT2D eigenvalue weighted by atomic mass is 16.5. The Morgan fingerprint density at radius 2 is 2.24 bits per heavy atom. The Balaban J connectivity index is 2.46. The minimum atomic E-state index is 0.0744. The van der Waals surface area contributed by atoms with E-state index in [0.29, 0.717) is 32.0 Å². The molecular formula is C13H17NO3. The molecule has 0 bridgehead atoms. The van der Waals surface area contributed by atoms with Crippen LogP contribution in [0, 0.1) is 11.8 Å². The highest BCUT2D eigenvalue weighted by Crippen LogP contribution is 2.10. The van der Waals surface area contributed by atoms with Crippen molar-refractivity contribution in [2.45, 2.75) is 13.3 Å². The Bertz CT molecular complexity index is 382. The third-order valence-corrected chi connectivity index (χ3v) is 1.88. The Morgan fingerprint density at radius 3 is 3.00 bits per heavy atom. The lowest BCUT2D eigenvalue weighted by atomic mass is 10.2. The molecule has 1 aromatic rings. The Hall–Kier alpha value is -1.57. The van der Waals surface area contributed by atoms with Crippen LogP contribution in [0.3, 0.4) is 0 Å². The number of hydrogen-bond acceptors (Lipinski definition) is 4. The van der Waals surface area contributed by atoms with Crippen molar-refractivity contribution in [3.63, 3.8) is 0 Å². The van der Waals surface area contributed by atoms with E-state index >= 15 is 0 Å². The Kier molecular flexibility index (Phi) is 6.80. The molecule has 1 heterocycles. The van der Waals surface area contributed by atoms with Gasteiger partial charge in [0.25, 0.3) is 0 Å². The standard InChI is InChI=1S/C13H17NO3/c1-2-16-7-8-17-13-9-12(10-14-11-13)5-3-4-6-15/h9-11,15H,2,4,6-8H2,1H3. The lowest BCUT2D eigenvalue weighted by Gasteiger charge is -2.05. The van der Waals surface area contributed by atoms with E-state index in [2.05, 4.69) is 16.8 Å². The van der Waals surface area contributed by atoms with Gasteiger partial charge in [-0.1, -0.05) is 11.8 Å². The van der Waals surface area contributed by atoms with Gasteiger partial charge in [0, 0.05) is 24.8 Å². The molecule has 0 fully saturated rings. The third kappa shape index (κ3) is 5.91. The molecule has 1 N–H and O–H groups in total. The molecule has 1 aromatic heterocycles. The van der Waals surface area contributed by atoms with Crippen LogP contribution in [0.2, 0.25) is 0 Å². The first-order valence-corrected chi connectivity index (χ1v) is 5.62. The molecule has 92 valence electrons. The minimum absolute atomic E-state index is 0.0744. The van der Waals surface area contributed by atoms with E-state index in [9.17, 15) is 0 Å². The predicted molar refractivity (Wildman–Crippen MR) is 64.8 cm³/mol. The summed E-state index contributed by atoms with van der Waals surface area (Å²) in [7, 11) is 0. The zero-order valence-electron chi connectivity index (χ0n) is 9.98. The van der Waals surface area contributed by atoms with Gasteiger partial charge in [0.2, 0.25) is 0 Å². The molecule has 0 aromatic carbocycles. The fourth-order valence-corrected chi connectivity index (χ4v) is 1.15. The molecule has 0 saturated carbocycles. The summed E-state index contributed by atoms with van der Waals surface area (Å²) < 4.78 is 10.6. The third-order valence-electron chi connectivity index (χ3n) is 1.88. The second-order valence-electron chi connectivity index (χ2n) is 3.23. The van der Waals surface area contributed by atoms with Gasteiger partial charge in [-0.15, -0.1) is 0 Å². The van der Waals surface area contributed by atoms with Gasteiger partial charge >= 0.3 is 0 Å². The smallest absolute Gasteiger partial charge is 0.138 e. The minimum Gasteiger partial charge on any atom is -0.490 e. The first-order valence-electron chi connectivity index (χ1n) is 5.62. The Morgan fingerprint density at radius 1 is 1.35 bits per heavy atom. The van der Waals surface area contributed by atoms with E-state index < -0.39 is 0 Å². The van der Waals surface area contributed by atoms with E-state index in [0.717, 1.165) is 5.56 Å². The van der Waals surface area contributed by atoms with Crippen LogP contribution >= 0.6 is 0 Å². The van der Waals surface area contributed by atoms with Crippen LogP contribution < -0.4 is 4.74 Å². The summed E-state index contributed by atoms with van der Waals surface area (Å²) in [6.45, 7) is 3.78. The van der Waals surface area contributed by atoms with Crippen molar-refractivity contribution in [1.82, 2.24) is 4.98 Å². The van der Waals surface area contributed by atoms with Gasteiger partial charge in [0.05, 0.1) is 19.4 Å². The first-order chi connectivity index (χ1) is 8.36. The predicted octanol–water partition coefficient (Wildman–Crippen LogP) is 1.23. The molecule has 0 amide bonds. The number of pyridine rings is 1. The van der Waals surface area contributed by atoms with E-state index in [4.69, 9.17) is 14.6 Å². The maximum absolute atomic E-state index is 8.61. The van der Waals surface area contributed by atoms with Crippen LogP contribution in [0.25, 0.3) is 0 Å². The van der Waals surface area contributed by atoms with Crippen molar-refractivity contribution in [1.29, 1.82) is 0 Å². The van der Waals surface area contributed by atoms with Crippen LogP contribution in [0.5, 0.6) is 5.75 Å². The van der Waals surface area contributed by atoms with E-state index in [-0.39, 0.29) is 6.61 Å². The quantitative estimate of drug-likeness (QED) is 0.595. The Labute approximate surface area is 102 Å². The maximum Gasteiger partial charge on any atom is 0.138 e. The van der Waals surface area contributed by atoms with Crippen molar-refractivity contribution < 1.29 is 14.6 Å². The summed E-state index contributed by atoms with van der Waals surface area (Å²) in [5.74, 6) is 6.42. The van der Waals surface area contributed by atoms with Gasteiger partial charge < -0.3 is 14.6 Å². The van der Waals surface area contributed by atoms with Crippen LogP contribution in [0.15, 0.2) is 18.5 Å². The van der Waals surface area contributed by atoms with Gasteiger partial charge in [-0.25, -0.2) is 0 Å². The summed E-state index contributed by atoms with van der Waals surface area (Å²) in [5, 5.41) is 8.61. The van der Waals surface area contributed by atoms with Crippen molar-refractivity contribution >= 4 is 0 Å². The second-order valence-corrected chi connectivity index (χ2v) is 3.23. The molecule has 1 rings (SSSR count). The van der Waals surface area contributed by atoms with Gasteiger partial charge in [-0.3, -0.25) is 4.98 Å². The fraction of sp³-hybridized carbons (Fsp3) is 0.462. The second kappa shape index (κ2) is 8.57. The highest BCUT2D eigenvalue weighted by Gasteiger charge is 1.95. The molecule has 4 heteroatoms. The maximum atomic E-state index is 8.61. The largest absolute Gasteiger partial charge is 0.490 e. The van der Waals surface area contributed by atoms with Crippen molar-refractivity contribution in [2.24, 2.45) is 0 Å². The van der Waals surface area contributed by atoms with E-state index in [1.807, 2.05) is 13.0 Å². The number of aliphatic hydroxyl groups is 1. The molecular weight excluding hydrogens is 218 g/mol.